The van der Waals surface area contributed by atoms with E-state index >= 15 is 0 Å². The summed E-state index contributed by atoms with van der Waals surface area (Å²) in [6.45, 7) is 7.30. The normalized spacial score (nSPS) is 32.9. The van der Waals surface area contributed by atoms with E-state index in [4.69, 9.17) is 0 Å². The quantitative estimate of drug-likeness (QED) is 0.619. The minimum atomic E-state index is 0.0509. The number of hydrogen-bond acceptors (Lipinski definition) is 2. The van der Waals surface area contributed by atoms with Crippen LogP contribution in [0.1, 0.15) is 33.6 Å². The maximum atomic E-state index is 11.1. The Kier molecular flexibility index (Phi) is 2.33. The number of piperidine rings is 1. The Hall–Kier alpha value is -0.370. The molecule has 1 fully saturated rings. The molecule has 0 aromatic carbocycles. The van der Waals surface area contributed by atoms with Crippen LogP contribution in [0.25, 0.3) is 0 Å². The molecular weight excluding hydrogens is 138 g/mol. The minimum absolute atomic E-state index is 0.0509. The van der Waals surface area contributed by atoms with E-state index in [9.17, 15) is 4.79 Å². The van der Waals surface area contributed by atoms with Gasteiger partial charge in [-0.1, -0.05) is 13.8 Å². The highest BCUT2D eigenvalue weighted by atomic mass is 16.1. The Bertz CT molecular complexity index is 165. The second kappa shape index (κ2) is 2.94. The zero-order valence-electron chi connectivity index (χ0n) is 7.61. The summed E-state index contributed by atoms with van der Waals surface area (Å²) in [7, 11) is 0. The SMILES string of the molecule is CC(C)C1(C)CC(=O)CCN1. The molecular formula is C9H17NO. The maximum absolute atomic E-state index is 11.1. The van der Waals surface area contributed by atoms with Gasteiger partial charge in [-0.2, -0.15) is 0 Å². The van der Waals surface area contributed by atoms with E-state index in [2.05, 4.69) is 26.1 Å². The predicted octanol–water partition coefficient (Wildman–Crippen LogP) is 1.35. The molecule has 1 rings (SSSR count). The van der Waals surface area contributed by atoms with Crippen molar-refractivity contribution in [3.8, 4) is 0 Å². The lowest BCUT2D eigenvalue weighted by atomic mass is 9.81. The monoisotopic (exact) mass is 155 g/mol. The fourth-order valence-corrected chi connectivity index (χ4v) is 1.46. The van der Waals surface area contributed by atoms with Crippen LogP contribution in [0, 0.1) is 5.92 Å². The molecule has 11 heavy (non-hydrogen) atoms. The first kappa shape index (κ1) is 8.72. The molecule has 1 unspecified atom stereocenters. The Labute approximate surface area is 68.4 Å². The molecule has 2 heteroatoms. The molecule has 0 amide bonds. The van der Waals surface area contributed by atoms with E-state index in [-0.39, 0.29) is 5.54 Å². The number of hydrogen-bond donors (Lipinski definition) is 1. The van der Waals surface area contributed by atoms with Gasteiger partial charge in [-0.25, -0.2) is 0 Å². The Morgan fingerprint density at radius 2 is 2.18 bits per heavy atom. The van der Waals surface area contributed by atoms with Crippen LogP contribution >= 0.6 is 0 Å². The first-order valence-corrected chi connectivity index (χ1v) is 4.31. The van der Waals surface area contributed by atoms with E-state index < -0.39 is 0 Å². The van der Waals surface area contributed by atoms with Crippen LogP contribution in [0.3, 0.4) is 0 Å². The predicted molar refractivity (Wildman–Crippen MR) is 45.5 cm³/mol. The molecule has 0 saturated carbocycles. The molecule has 0 aromatic heterocycles. The van der Waals surface area contributed by atoms with Crippen molar-refractivity contribution in [3.63, 3.8) is 0 Å². The standard InChI is InChI=1S/C9H17NO/c1-7(2)9(3)6-8(11)4-5-10-9/h7,10H,4-6H2,1-3H3. The number of rotatable bonds is 1. The maximum Gasteiger partial charge on any atom is 0.136 e. The summed E-state index contributed by atoms with van der Waals surface area (Å²) in [5.41, 5.74) is 0.0509. The van der Waals surface area contributed by atoms with Crippen LogP contribution in [0.15, 0.2) is 0 Å². The summed E-state index contributed by atoms with van der Waals surface area (Å²) in [6.07, 6.45) is 1.41. The second-order valence-electron chi connectivity index (χ2n) is 3.96. The van der Waals surface area contributed by atoms with Gasteiger partial charge in [-0.15, -0.1) is 0 Å². The third-order valence-electron chi connectivity index (χ3n) is 2.77. The van der Waals surface area contributed by atoms with Crippen molar-refractivity contribution in [1.82, 2.24) is 5.32 Å². The molecule has 1 heterocycles. The highest BCUT2D eigenvalue weighted by Gasteiger charge is 2.33. The van der Waals surface area contributed by atoms with Crippen molar-refractivity contribution in [2.75, 3.05) is 6.54 Å². The molecule has 1 saturated heterocycles. The van der Waals surface area contributed by atoms with Crippen LogP contribution in [0.4, 0.5) is 0 Å². The molecule has 1 aliphatic heterocycles. The molecule has 1 N–H and O–H groups in total. The molecule has 0 aliphatic carbocycles. The van der Waals surface area contributed by atoms with Gasteiger partial charge in [0, 0.05) is 24.9 Å². The van der Waals surface area contributed by atoms with Crippen LogP contribution in [0.5, 0.6) is 0 Å². The lowest BCUT2D eigenvalue weighted by Crippen LogP contribution is -2.52. The Morgan fingerprint density at radius 1 is 1.55 bits per heavy atom. The summed E-state index contributed by atoms with van der Waals surface area (Å²) in [5, 5.41) is 3.40. The highest BCUT2D eigenvalue weighted by molar-refractivity contribution is 5.80. The molecule has 2 nitrogen and oxygen atoms in total. The van der Waals surface area contributed by atoms with Crippen molar-refractivity contribution in [1.29, 1.82) is 0 Å². The fourth-order valence-electron chi connectivity index (χ4n) is 1.46. The summed E-state index contributed by atoms with van der Waals surface area (Å²) < 4.78 is 0. The molecule has 0 radical (unpaired) electrons. The van der Waals surface area contributed by atoms with Crippen molar-refractivity contribution in [2.45, 2.75) is 39.2 Å². The van der Waals surface area contributed by atoms with Gasteiger partial charge >= 0.3 is 0 Å². The van der Waals surface area contributed by atoms with Crippen molar-refractivity contribution in [3.05, 3.63) is 0 Å². The molecule has 0 bridgehead atoms. The first-order valence-electron chi connectivity index (χ1n) is 4.31. The summed E-state index contributed by atoms with van der Waals surface area (Å²) in [5.74, 6) is 0.937. The molecule has 64 valence electrons. The van der Waals surface area contributed by atoms with Gasteiger partial charge in [-0.3, -0.25) is 4.79 Å². The van der Waals surface area contributed by atoms with E-state index in [0.29, 0.717) is 24.5 Å². The largest absolute Gasteiger partial charge is 0.310 e. The summed E-state index contributed by atoms with van der Waals surface area (Å²) >= 11 is 0. The van der Waals surface area contributed by atoms with Crippen LogP contribution in [0.2, 0.25) is 0 Å². The van der Waals surface area contributed by atoms with Gasteiger partial charge in [0.05, 0.1) is 0 Å². The number of carbonyl (C=O) groups excluding carboxylic acids is 1. The van der Waals surface area contributed by atoms with E-state index in [1.807, 2.05) is 0 Å². The van der Waals surface area contributed by atoms with E-state index in [1.165, 1.54) is 0 Å². The summed E-state index contributed by atoms with van der Waals surface area (Å²) in [6, 6.07) is 0. The van der Waals surface area contributed by atoms with E-state index in [0.717, 1.165) is 6.54 Å². The van der Waals surface area contributed by atoms with Crippen molar-refractivity contribution >= 4 is 5.78 Å². The average molecular weight is 155 g/mol. The zero-order valence-corrected chi connectivity index (χ0v) is 7.61. The second-order valence-corrected chi connectivity index (χ2v) is 3.96. The van der Waals surface area contributed by atoms with Gasteiger partial charge in [0.1, 0.15) is 5.78 Å². The molecule has 0 spiro atoms. The van der Waals surface area contributed by atoms with Crippen LogP contribution in [-0.4, -0.2) is 17.9 Å². The van der Waals surface area contributed by atoms with Gasteiger partial charge in [0.2, 0.25) is 0 Å². The van der Waals surface area contributed by atoms with Gasteiger partial charge < -0.3 is 5.32 Å². The Balaban J connectivity index is 2.62. The summed E-state index contributed by atoms with van der Waals surface area (Å²) in [4.78, 5) is 11.1. The average Bonchev–Trinajstić information content (AvgIpc) is 1.86. The third-order valence-corrected chi connectivity index (χ3v) is 2.77. The highest BCUT2D eigenvalue weighted by Crippen LogP contribution is 2.24. The van der Waals surface area contributed by atoms with Crippen molar-refractivity contribution < 1.29 is 4.79 Å². The zero-order chi connectivity index (χ0) is 8.48. The van der Waals surface area contributed by atoms with E-state index in [1.54, 1.807) is 0 Å². The fraction of sp³-hybridized carbons (Fsp3) is 0.889. The molecule has 1 aliphatic rings. The lowest BCUT2D eigenvalue weighted by molar-refractivity contribution is -0.122. The van der Waals surface area contributed by atoms with Crippen LogP contribution in [-0.2, 0) is 4.79 Å². The van der Waals surface area contributed by atoms with Gasteiger partial charge in [-0.05, 0) is 12.8 Å². The first-order chi connectivity index (χ1) is 5.04. The third kappa shape index (κ3) is 1.80. The minimum Gasteiger partial charge on any atom is -0.310 e. The van der Waals surface area contributed by atoms with Crippen LogP contribution < -0.4 is 5.32 Å². The number of Topliss-reactive ketones (excluding diaryl/α,β-unsaturated/α-hetero) is 1. The van der Waals surface area contributed by atoms with Gasteiger partial charge in [0.25, 0.3) is 0 Å². The topological polar surface area (TPSA) is 29.1 Å². The number of carbonyl (C=O) groups is 1. The van der Waals surface area contributed by atoms with Gasteiger partial charge in [0.15, 0.2) is 0 Å². The number of nitrogens with one attached hydrogen (secondary N) is 1. The van der Waals surface area contributed by atoms with Crippen molar-refractivity contribution in [2.24, 2.45) is 5.92 Å². The molecule has 1 atom stereocenters. The lowest BCUT2D eigenvalue weighted by Gasteiger charge is -2.37. The molecule has 0 aromatic rings. The smallest absolute Gasteiger partial charge is 0.136 e. The Morgan fingerprint density at radius 3 is 2.55 bits per heavy atom. The number of ketones is 1.